The van der Waals surface area contributed by atoms with Crippen molar-refractivity contribution in [3.8, 4) is 0 Å². The number of aromatic nitrogens is 1. The fraction of sp³-hybridized carbons (Fsp3) is 0.0909. The highest BCUT2D eigenvalue weighted by Gasteiger charge is 1.98. The van der Waals surface area contributed by atoms with E-state index in [0.29, 0.717) is 0 Å². The Morgan fingerprint density at radius 3 is 3.07 bits per heavy atom. The quantitative estimate of drug-likeness (QED) is 0.795. The molecule has 2 N–H and O–H groups in total. The molecule has 4 heteroatoms. The molecule has 0 fully saturated rings. The lowest BCUT2D eigenvalue weighted by Gasteiger charge is -2.04. The van der Waals surface area contributed by atoms with Gasteiger partial charge in [-0.25, -0.2) is 0 Å². The zero-order valence-corrected chi connectivity index (χ0v) is 7.97. The average Bonchev–Trinajstić information content (AvgIpc) is 2.26. The van der Waals surface area contributed by atoms with Gasteiger partial charge in [0, 0.05) is 17.3 Å². The minimum absolute atomic E-state index is 0.0776. The molecule has 15 heavy (non-hydrogen) atoms. The molecule has 1 aromatic carbocycles. The summed E-state index contributed by atoms with van der Waals surface area (Å²) < 4.78 is 0. The Kier molecular flexibility index (Phi) is 2.49. The highest BCUT2D eigenvalue weighted by molar-refractivity contribution is 5.83. The van der Waals surface area contributed by atoms with E-state index in [-0.39, 0.29) is 6.54 Å². The van der Waals surface area contributed by atoms with Gasteiger partial charge < -0.3 is 10.4 Å². The van der Waals surface area contributed by atoms with Crippen LogP contribution >= 0.6 is 0 Å². The fourth-order valence-electron chi connectivity index (χ4n) is 1.36. The lowest BCUT2D eigenvalue weighted by molar-refractivity contribution is -0.134. The predicted molar refractivity (Wildman–Crippen MR) is 57.9 cm³/mol. The monoisotopic (exact) mass is 202 g/mol. The van der Waals surface area contributed by atoms with Crippen molar-refractivity contribution < 1.29 is 9.90 Å². The van der Waals surface area contributed by atoms with Gasteiger partial charge in [-0.1, -0.05) is 6.07 Å². The maximum atomic E-state index is 10.4. The van der Waals surface area contributed by atoms with E-state index in [0.717, 1.165) is 16.6 Å². The lowest BCUT2D eigenvalue weighted by atomic mass is 10.2. The van der Waals surface area contributed by atoms with E-state index in [4.69, 9.17) is 5.11 Å². The number of fused-ring (bicyclic) bond motifs is 1. The normalized spacial score (nSPS) is 10.1. The molecule has 0 amide bonds. The SMILES string of the molecule is O=C(O)CNc1ccc2ncccc2c1. The average molecular weight is 202 g/mol. The summed E-state index contributed by atoms with van der Waals surface area (Å²) in [4.78, 5) is 14.5. The second-order valence-corrected chi connectivity index (χ2v) is 3.16. The molecule has 2 rings (SSSR count). The number of carbonyl (C=O) groups is 1. The van der Waals surface area contributed by atoms with Gasteiger partial charge in [-0.15, -0.1) is 0 Å². The number of nitrogens with one attached hydrogen (secondary N) is 1. The zero-order chi connectivity index (χ0) is 10.7. The van der Waals surface area contributed by atoms with Crippen molar-refractivity contribution in [3.05, 3.63) is 36.5 Å². The third-order valence-corrected chi connectivity index (χ3v) is 2.05. The van der Waals surface area contributed by atoms with Crippen LogP contribution in [0.15, 0.2) is 36.5 Å². The number of carboxylic acid groups (broad SMARTS) is 1. The fourth-order valence-corrected chi connectivity index (χ4v) is 1.36. The van der Waals surface area contributed by atoms with Crippen LogP contribution in [-0.4, -0.2) is 22.6 Å². The van der Waals surface area contributed by atoms with Gasteiger partial charge in [-0.3, -0.25) is 9.78 Å². The summed E-state index contributed by atoms with van der Waals surface area (Å²) in [7, 11) is 0. The summed E-state index contributed by atoms with van der Waals surface area (Å²) in [6.07, 6.45) is 1.73. The number of nitrogens with zero attached hydrogens (tertiary/aromatic N) is 1. The number of pyridine rings is 1. The molecule has 0 spiro atoms. The summed E-state index contributed by atoms with van der Waals surface area (Å²) in [5, 5.41) is 12.3. The number of aliphatic carboxylic acids is 1. The minimum Gasteiger partial charge on any atom is -0.480 e. The molecule has 0 radical (unpaired) electrons. The first kappa shape index (κ1) is 9.45. The third-order valence-electron chi connectivity index (χ3n) is 2.05. The van der Waals surface area contributed by atoms with E-state index in [1.54, 1.807) is 6.20 Å². The Morgan fingerprint density at radius 1 is 1.40 bits per heavy atom. The van der Waals surface area contributed by atoms with Gasteiger partial charge in [0.05, 0.1) is 5.52 Å². The van der Waals surface area contributed by atoms with Crippen molar-refractivity contribution in [2.24, 2.45) is 0 Å². The molecular formula is C11H10N2O2. The van der Waals surface area contributed by atoms with Crippen molar-refractivity contribution in [1.29, 1.82) is 0 Å². The Morgan fingerprint density at radius 2 is 2.27 bits per heavy atom. The van der Waals surface area contributed by atoms with Crippen LogP contribution in [0.25, 0.3) is 10.9 Å². The van der Waals surface area contributed by atoms with Crippen molar-refractivity contribution >= 4 is 22.6 Å². The van der Waals surface area contributed by atoms with Gasteiger partial charge in [-0.2, -0.15) is 0 Å². The van der Waals surface area contributed by atoms with Crippen molar-refractivity contribution in [2.75, 3.05) is 11.9 Å². The second-order valence-electron chi connectivity index (χ2n) is 3.16. The van der Waals surface area contributed by atoms with E-state index in [9.17, 15) is 4.79 Å². The third kappa shape index (κ3) is 2.22. The lowest BCUT2D eigenvalue weighted by Crippen LogP contribution is -2.12. The molecule has 1 aromatic heterocycles. The van der Waals surface area contributed by atoms with E-state index in [1.165, 1.54) is 0 Å². The summed E-state index contributed by atoms with van der Waals surface area (Å²) in [5.41, 5.74) is 1.69. The number of anilines is 1. The summed E-state index contributed by atoms with van der Waals surface area (Å²) in [6, 6.07) is 9.35. The molecule has 0 aliphatic rings. The predicted octanol–water partition coefficient (Wildman–Crippen LogP) is 1.73. The second kappa shape index (κ2) is 3.96. The van der Waals surface area contributed by atoms with Gasteiger partial charge in [0.2, 0.25) is 0 Å². The number of hydrogen-bond acceptors (Lipinski definition) is 3. The topological polar surface area (TPSA) is 62.2 Å². The van der Waals surface area contributed by atoms with Crippen molar-refractivity contribution in [2.45, 2.75) is 0 Å². The summed E-state index contributed by atoms with van der Waals surface area (Å²) in [5.74, 6) is -0.874. The van der Waals surface area contributed by atoms with Crippen LogP contribution in [0.3, 0.4) is 0 Å². The van der Waals surface area contributed by atoms with Crippen molar-refractivity contribution in [1.82, 2.24) is 4.98 Å². The molecule has 0 saturated carbocycles. The highest BCUT2D eigenvalue weighted by atomic mass is 16.4. The Balaban J connectivity index is 2.26. The van der Waals surface area contributed by atoms with Crippen LogP contribution in [-0.2, 0) is 4.79 Å². The molecule has 76 valence electrons. The maximum Gasteiger partial charge on any atom is 0.322 e. The maximum absolute atomic E-state index is 10.4. The van der Waals surface area contributed by atoms with Crippen LogP contribution in [0, 0.1) is 0 Å². The van der Waals surface area contributed by atoms with Crippen LogP contribution in [0.1, 0.15) is 0 Å². The molecular weight excluding hydrogens is 192 g/mol. The minimum atomic E-state index is -0.874. The summed E-state index contributed by atoms with van der Waals surface area (Å²) in [6.45, 7) is -0.0776. The van der Waals surface area contributed by atoms with Crippen LogP contribution in [0.2, 0.25) is 0 Å². The first-order valence-corrected chi connectivity index (χ1v) is 4.56. The Labute approximate surface area is 86.6 Å². The standard InChI is InChI=1S/C11H10N2O2/c14-11(15)7-13-9-3-4-10-8(6-9)2-1-5-12-10/h1-6,13H,7H2,(H,14,15). The van der Waals surface area contributed by atoms with E-state index < -0.39 is 5.97 Å². The largest absolute Gasteiger partial charge is 0.480 e. The molecule has 0 unspecified atom stereocenters. The van der Waals surface area contributed by atoms with Gasteiger partial charge >= 0.3 is 5.97 Å². The molecule has 4 nitrogen and oxygen atoms in total. The Bertz CT molecular complexity index is 497. The van der Waals surface area contributed by atoms with E-state index >= 15 is 0 Å². The van der Waals surface area contributed by atoms with Crippen molar-refractivity contribution in [3.63, 3.8) is 0 Å². The molecule has 0 atom stereocenters. The molecule has 0 aliphatic heterocycles. The number of rotatable bonds is 3. The van der Waals surface area contributed by atoms with Gasteiger partial charge in [0.25, 0.3) is 0 Å². The number of carboxylic acids is 1. The zero-order valence-electron chi connectivity index (χ0n) is 7.97. The van der Waals surface area contributed by atoms with Crippen LogP contribution in [0.4, 0.5) is 5.69 Å². The first-order valence-electron chi connectivity index (χ1n) is 4.56. The molecule has 0 bridgehead atoms. The van der Waals surface area contributed by atoms with Gasteiger partial charge in [0.1, 0.15) is 6.54 Å². The summed E-state index contributed by atoms with van der Waals surface area (Å²) >= 11 is 0. The smallest absolute Gasteiger partial charge is 0.322 e. The van der Waals surface area contributed by atoms with E-state index in [1.807, 2.05) is 30.3 Å². The molecule has 1 heterocycles. The van der Waals surface area contributed by atoms with Crippen LogP contribution < -0.4 is 5.32 Å². The van der Waals surface area contributed by atoms with E-state index in [2.05, 4.69) is 10.3 Å². The number of benzene rings is 1. The highest BCUT2D eigenvalue weighted by Crippen LogP contribution is 2.16. The molecule has 0 aliphatic carbocycles. The molecule has 0 saturated heterocycles. The van der Waals surface area contributed by atoms with Gasteiger partial charge in [-0.05, 0) is 24.3 Å². The Hall–Kier alpha value is -2.10. The molecule has 2 aromatic rings. The first-order chi connectivity index (χ1) is 7.25. The van der Waals surface area contributed by atoms with Gasteiger partial charge in [0.15, 0.2) is 0 Å². The van der Waals surface area contributed by atoms with Crippen LogP contribution in [0.5, 0.6) is 0 Å². The number of hydrogen-bond donors (Lipinski definition) is 2.